The molecule has 0 saturated heterocycles. The minimum atomic E-state index is -0.836. The standard InChI is InChI=1S/C40H47F3/c1-3-5-7-9-28-11-13-29(14-12-28)30-15-17-31(18-16-30)35-24-25-36(38(41)27-35)32-19-21-33(22-20-32)37-26-23-34(10-8-6-4-2)39(42)40(37)43/h4,17,19-30H,2-3,5-16,18H2,1H3. The average molecular weight is 585 g/mol. The molecule has 5 rings (SSSR count). The number of hydrogen-bond acceptors (Lipinski definition) is 0. The lowest BCUT2D eigenvalue weighted by atomic mass is 9.70. The van der Waals surface area contributed by atoms with E-state index in [4.69, 9.17) is 0 Å². The molecule has 0 amide bonds. The summed E-state index contributed by atoms with van der Waals surface area (Å²) >= 11 is 0. The van der Waals surface area contributed by atoms with Crippen LogP contribution in [-0.4, -0.2) is 0 Å². The van der Waals surface area contributed by atoms with Crippen LogP contribution >= 0.6 is 0 Å². The zero-order chi connectivity index (χ0) is 30.2. The quantitative estimate of drug-likeness (QED) is 0.147. The van der Waals surface area contributed by atoms with Gasteiger partial charge in [-0.15, -0.1) is 6.58 Å². The van der Waals surface area contributed by atoms with E-state index in [1.807, 2.05) is 12.1 Å². The Morgan fingerprint density at radius 2 is 1.44 bits per heavy atom. The predicted octanol–water partition coefficient (Wildman–Crippen LogP) is 12.5. The van der Waals surface area contributed by atoms with E-state index in [2.05, 4.69) is 19.6 Å². The van der Waals surface area contributed by atoms with Crippen LogP contribution in [0, 0.1) is 35.2 Å². The minimum absolute atomic E-state index is 0.217. The van der Waals surface area contributed by atoms with Crippen molar-refractivity contribution in [1.82, 2.24) is 0 Å². The second-order valence-electron chi connectivity index (χ2n) is 12.9. The number of hydrogen-bond donors (Lipinski definition) is 0. The summed E-state index contributed by atoms with van der Waals surface area (Å²) in [5.74, 6) is 0.694. The molecule has 0 radical (unpaired) electrons. The number of benzene rings is 3. The van der Waals surface area contributed by atoms with Gasteiger partial charge in [0.1, 0.15) is 5.82 Å². The van der Waals surface area contributed by atoms with Crippen LogP contribution in [0.4, 0.5) is 13.2 Å². The Morgan fingerprint density at radius 1 is 0.744 bits per heavy atom. The maximum atomic E-state index is 15.4. The summed E-state index contributed by atoms with van der Waals surface area (Å²) < 4.78 is 45.0. The molecule has 3 heteroatoms. The highest BCUT2D eigenvalue weighted by Gasteiger charge is 2.28. The van der Waals surface area contributed by atoms with Crippen LogP contribution in [0.1, 0.15) is 102 Å². The van der Waals surface area contributed by atoms with Crippen LogP contribution in [-0.2, 0) is 6.42 Å². The highest BCUT2D eigenvalue weighted by atomic mass is 19.2. The second kappa shape index (κ2) is 15.1. The lowest BCUT2D eigenvalue weighted by Gasteiger charge is -2.35. The van der Waals surface area contributed by atoms with Crippen molar-refractivity contribution in [3.05, 3.63) is 102 Å². The molecule has 0 aliphatic heterocycles. The molecule has 0 N–H and O–H groups in total. The van der Waals surface area contributed by atoms with Gasteiger partial charge in [0, 0.05) is 11.1 Å². The molecule has 43 heavy (non-hydrogen) atoms. The first kappa shape index (κ1) is 31.4. The fourth-order valence-electron chi connectivity index (χ4n) is 7.40. The maximum Gasteiger partial charge on any atom is 0.166 e. The Balaban J connectivity index is 1.20. The molecular formula is C40H47F3. The van der Waals surface area contributed by atoms with Gasteiger partial charge in [-0.2, -0.15) is 0 Å². The minimum Gasteiger partial charge on any atom is -0.206 e. The van der Waals surface area contributed by atoms with E-state index in [0.717, 1.165) is 54.6 Å². The highest BCUT2D eigenvalue weighted by Crippen LogP contribution is 2.42. The van der Waals surface area contributed by atoms with Crippen LogP contribution in [0.5, 0.6) is 0 Å². The molecule has 1 saturated carbocycles. The van der Waals surface area contributed by atoms with Gasteiger partial charge >= 0.3 is 0 Å². The van der Waals surface area contributed by atoms with E-state index < -0.39 is 11.6 Å². The Labute approximate surface area is 257 Å². The van der Waals surface area contributed by atoms with Crippen molar-refractivity contribution in [2.45, 2.75) is 96.8 Å². The molecule has 228 valence electrons. The second-order valence-corrected chi connectivity index (χ2v) is 12.9. The first-order valence-corrected chi connectivity index (χ1v) is 16.7. The molecule has 1 unspecified atom stereocenters. The van der Waals surface area contributed by atoms with Crippen molar-refractivity contribution in [3.8, 4) is 22.3 Å². The zero-order valence-corrected chi connectivity index (χ0v) is 25.8. The van der Waals surface area contributed by atoms with Crippen LogP contribution < -0.4 is 0 Å². The first-order valence-electron chi connectivity index (χ1n) is 16.7. The molecular weight excluding hydrogens is 537 g/mol. The SMILES string of the molecule is C=CCCCc1ccc(-c2ccc(-c3ccc(C4=CCC(C5CCC(CCCCC)CC5)CC4)cc3F)cc2)c(F)c1F. The van der Waals surface area contributed by atoms with E-state index in [0.29, 0.717) is 23.1 Å². The van der Waals surface area contributed by atoms with Crippen molar-refractivity contribution < 1.29 is 13.2 Å². The summed E-state index contributed by atoms with van der Waals surface area (Å²) in [6.07, 6.45) is 20.5. The molecule has 3 aromatic rings. The fraction of sp³-hybridized carbons (Fsp3) is 0.450. The summed E-state index contributed by atoms with van der Waals surface area (Å²) in [5, 5.41) is 0. The maximum absolute atomic E-state index is 15.4. The summed E-state index contributed by atoms with van der Waals surface area (Å²) in [6, 6.07) is 15.9. The third kappa shape index (κ3) is 7.72. The number of rotatable bonds is 12. The Morgan fingerprint density at radius 3 is 2.09 bits per heavy atom. The molecule has 0 aromatic heterocycles. The van der Waals surface area contributed by atoms with Gasteiger partial charge in [-0.3, -0.25) is 0 Å². The Kier molecular flexibility index (Phi) is 11.0. The number of aryl methyl sites for hydroxylation is 1. The summed E-state index contributed by atoms with van der Waals surface area (Å²) in [7, 11) is 0. The van der Waals surface area contributed by atoms with E-state index >= 15 is 4.39 Å². The normalized spacial score (nSPS) is 20.6. The molecule has 2 aliphatic rings. The molecule has 3 aromatic carbocycles. The van der Waals surface area contributed by atoms with Gasteiger partial charge in [0.2, 0.25) is 0 Å². The van der Waals surface area contributed by atoms with Crippen molar-refractivity contribution in [2.75, 3.05) is 0 Å². The average Bonchev–Trinajstić information content (AvgIpc) is 3.04. The monoisotopic (exact) mass is 584 g/mol. The smallest absolute Gasteiger partial charge is 0.166 e. The fourth-order valence-corrected chi connectivity index (χ4v) is 7.40. The topological polar surface area (TPSA) is 0 Å². The third-order valence-corrected chi connectivity index (χ3v) is 10.1. The Hall–Kier alpha value is -3.07. The van der Waals surface area contributed by atoms with Crippen LogP contribution in [0.15, 0.2) is 73.3 Å². The zero-order valence-electron chi connectivity index (χ0n) is 25.8. The molecule has 0 spiro atoms. The number of unbranched alkanes of at least 4 members (excludes halogenated alkanes) is 3. The largest absolute Gasteiger partial charge is 0.206 e. The lowest BCUT2D eigenvalue weighted by molar-refractivity contribution is 0.187. The van der Waals surface area contributed by atoms with Crippen LogP contribution in [0.2, 0.25) is 0 Å². The molecule has 1 fully saturated rings. The van der Waals surface area contributed by atoms with Crippen LogP contribution in [0.3, 0.4) is 0 Å². The van der Waals surface area contributed by atoms with Gasteiger partial charge in [0.15, 0.2) is 11.6 Å². The summed E-state index contributed by atoms with van der Waals surface area (Å²) in [5.41, 5.74) is 4.64. The van der Waals surface area contributed by atoms with Gasteiger partial charge in [-0.25, -0.2) is 13.2 Å². The summed E-state index contributed by atoms with van der Waals surface area (Å²) in [6.45, 7) is 5.96. The van der Waals surface area contributed by atoms with E-state index in [9.17, 15) is 8.78 Å². The predicted molar refractivity (Wildman–Crippen MR) is 175 cm³/mol. The van der Waals surface area contributed by atoms with Crippen molar-refractivity contribution >= 4 is 5.57 Å². The van der Waals surface area contributed by atoms with Gasteiger partial charge in [-0.1, -0.05) is 106 Å². The third-order valence-electron chi connectivity index (χ3n) is 10.1. The molecule has 0 heterocycles. The van der Waals surface area contributed by atoms with Crippen molar-refractivity contribution in [1.29, 1.82) is 0 Å². The molecule has 0 nitrogen and oxygen atoms in total. The van der Waals surface area contributed by atoms with Crippen molar-refractivity contribution in [3.63, 3.8) is 0 Å². The lowest BCUT2D eigenvalue weighted by Crippen LogP contribution is -2.23. The van der Waals surface area contributed by atoms with Crippen molar-refractivity contribution in [2.24, 2.45) is 17.8 Å². The first-order chi connectivity index (χ1) is 21.0. The number of halogens is 3. The van der Waals surface area contributed by atoms with Gasteiger partial charge in [0.25, 0.3) is 0 Å². The highest BCUT2D eigenvalue weighted by molar-refractivity contribution is 5.74. The van der Waals surface area contributed by atoms with E-state index in [1.54, 1.807) is 48.5 Å². The van der Waals surface area contributed by atoms with Crippen LogP contribution in [0.25, 0.3) is 27.8 Å². The van der Waals surface area contributed by atoms with Gasteiger partial charge in [-0.05, 0) is 103 Å². The summed E-state index contributed by atoms with van der Waals surface area (Å²) in [4.78, 5) is 0. The van der Waals surface area contributed by atoms with Gasteiger partial charge < -0.3 is 0 Å². The molecule has 1 atom stereocenters. The van der Waals surface area contributed by atoms with Gasteiger partial charge in [0.05, 0.1) is 0 Å². The van der Waals surface area contributed by atoms with E-state index in [1.165, 1.54) is 63.4 Å². The molecule has 2 aliphatic carbocycles. The molecule has 0 bridgehead atoms. The Bertz CT molecular complexity index is 1390. The number of allylic oxidation sites excluding steroid dienone is 3. The van der Waals surface area contributed by atoms with E-state index in [-0.39, 0.29) is 11.4 Å².